The summed E-state index contributed by atoms with van der Waals surface area (Å²) in [4.78, 5) is 6.47. The first-order valence-electron chi connectivity index (χ1n) is 5.77. The fourth-order valence-corrected chi connectivity index (χ4v) is 1.57. The normalized spacial score (nSPS) is 10.6. The molecule has 5 heteroatoms. The van der Waals surface area contributed by atoms with Gasteiger partial charge in [-0.25, -0.2) is 9.67 Å². The van der Waals surface area contributed by atoms with Gasteiger partial charge in [-0.15, -0.1) is 0 Å². The van der Waals surface area contributed by atoms with Crippen molar-refractivity contribution in [3.8, 4) is 6.07 Å². The summed E-state index contributed by atoms with van der Waals surface area (Å²) in [7, 11) is 0. The lowest BCUT2D eigenvalue weighted by Gasteiger charge is -2.18. The van der Waals surface area contributed by atoms with Crippen molar-refractivity contribution in [1.82, 2.24) is 19.7 Å². The van der Waals surface area contributed by atoms with Gasteiger partial charge in [0.1, 0.15) is 12.2 Å². The maximum Gasteiger partial charge on any atom is 0.141 e. The van der Waals surface area contributed by atoms with E-state index in [1.54, 1.807) is 6.33 Å². The van der Waals surface area contributed by atoms with Crippen molar-refractivity contribution < 1.29 is 0 Å². The van der Waals surface area contributed by atoms with Crippen molar-refractivity contribution in [2.75, 3.05) is 13.1 Å². The highest BCUT2D eigenvalue weighted by Crippen LogP contribution is 2.02. The quantitative estimate of drug-likeness (QED) is 0.698. The Bertz CT molecular complexity index is 338. The monoisotopic (exact) mass is 221 g/mol. The van der Waals surface area contributed by atoms with Gasteiger partial charge in [0.05, 0.1) is 12.6 Å². The van der Waals surface area contributed by atoms with Crippen LogP contribution in [-0.4, -0.2) is 32.8 Å². The van der Waals surface area contributed by atoms with Crippen molar-refractivity contribution >= 4 is 0 Å². The summed E-state index contributed by atoms with van der Waals surface area (Å²) in [5.41, 5.74) is 0. The summed E-state index contributed by atoms with van der Waals surface area (Å²) in [5.74, 6) is 0.988. The summed E-state index contributed by atoms with van der Waals surface area (Å²) < 4.78 is 1.94. The van der Waals surface area contributed by atoms with Crippen molar-refractivity contribution in [2.45, 2.75) is 39.8 Å². The predicted octanol–water partition coefficient (Wildman–Crippen LogP) is 1.42. The fraction of sp³-hybridized carbons (Fsp3) is 0.727. The van der Waals surface area contributed by atoms with Crippen LogP contribution < -0.4 is 0 Å². The van der Waals surface area contributed by atoms with Crippen LogP contribution in [0.2, 0.25) is 0 Å². The van der Waals surface area contributed by atoms with Crippen LogP contribution in [0.1, 0.15) is 32.5 Å². The third-order valence-corrected chi connectivity index (χ3v) is 2.48. The lowest BCUT2D eigenvalue weighted by Crippen LogP contribution is -2.26. The molecule has 0 aliphatic heterocycles. The molecule has 1 rings (SSSR count). The lowest BCUT2D eigenvalue weighted by molar-refractivity contribution is 0.273. The van der Waals surface area contributed by atoms with Crippen molar-refractivity contribution in [1.29, 1.82) is 5.26 Å². The number of hydrogen-bond acceptors (Lipinski definition) is 4. The summed E-state index contributed by atoms with van der Waals surface area (Å²) >= 11 is 0. The molecule has 0 saturated carbocycles. The van der Waals surface area contributed by atoms with E-state index in [2.05, 4.69) is 34.9 Å². The minimum Gasteiger partial charge on any atom is -0.295 e. The van der Waals surface area contributed by atoms with Gasteiger partial charge in [-0.05, 0) is 13.0 Å². The third-order valence-electron chi connectivity index (χ3n) is 2.48. The van der Waals surface area contributed by atoms with Gasteiger partial charge in [-0.2, -0.15) is 10.4 Å². The molecule has 1 aromatic rings. The average Bonchev–Trinajstić information content (AvgIpc) is 2.72. The first-order valence-corrected chi connectivity index (χ1v) is 5.77. The molecule has 88 valence electrons. The molecule has 0 atom stereocenters. The lowest BCUT2D eigenvalue weighted by atomic mass is 10.3. The molecule has 16 heavy (non-hydrogen) atoms. The highest BCUT2D eigenvalue weighted by atomic mass is 15.3. The second-order valence-corrected chi connectivity index (χ2v) is 3.68. The SMILES string of the molecule is CCCn1ncnc1CN(CC)CCC#N. The Morgan fingerprint density at radius 3 is 2.94 bits per heavy atom. The van der Waals surface area contributed by atoms with Gasteiger partial charge in [0, 0.05) is 19.5 Å². The molecule has 0 N–H and O–H groups in total. The van der Waals surface area contributed by atoms with E-state index in [4.69, 9.17) is 5.26 Å². The minimum atomic E-state index is 0.565. The Morgan fingerprint density at radius 1 is 1.50 bits per heavy atom. The van der Waals surface area contributed by atoms with Crippen LogP contribution in [-0.2, 0) is 13.1 Å². The average molecular weight is 221 g/mol. The predicted molar refractivity (Wildman–Crippen MR) is 61.5 cm³/mol. The molecular weight excluding hydrogens is 202 g/mol. The van der Waals surface area contributed by atoms with Crippen LogP contribution in [0.5, 0.6) is 0 Å². The molecule has 0 saturated heterocycles. The summed E-state index contributed by atoms with van der Waals surface area (Å²) in [6, 6.07) is 2.17. The molecule has 0 bridgehead atoms. The molecule has 0 fully saturated rings. The Labute approximate surface area is 96.7 Å². The van der Waals surface area contributed by atoms with Crippen LogP contribution in [0.25, 0.3) is 0 Å². The molecular formula is C11H19N5. The van der Waals surface area contributed by atoms with Crippen molar-refractivity contribution in [2.24, 2.45) is 0 Å². The van der Waals surface area contributed by atoms with Crippen molar-refractivity contribution in [3.05, 3.63) is 12.2 Å². The first-order chi connectivity index (χ1) is 7.81. The van der Waals surface area contributed by atoms with E-state index < -0.39 is 0 Å². The van der Waals surface area contributed by atoms with Gasteiger partial charge in [-0.3, -0.25) is 4.90 Å². The molecule has 5 nitrogen and oxygen atoms in total. The number of aryl methyl sites for hydroxylation is 1. The van der Waals surface area contributed by atoms with Gasteiger partial charge in [0.15, 0.2) is 0 Å². The Balaban J connectivity index is 2.55. The van der Waals surface area contributed by atoms with Crippen LogP contribution in [0, 0.1) is 11.3 Å². The molecule has 1 heterocycles. The van der Waals surface area contributed by atoms with Gasteiger partial charge in [0.2, 0.25) is 0 Å². The summed E-state index contributed by atoms with van der Waals surface area (Å²) in [6.45, 7) is 7.63. The fourth-order valence-electron chi connectivity index (χ4n) is 1.57. The number of nitrogens with zero attached hydrogens (tertiary/aromatic N) is 5. The van der Waals surface area contributed by atoms with E-state index in [1.165, 1.54) is 0 Å². The minimum absolute atomic E-state index is 0.565. The molecule has 0 spiro atoms. The Kier molecular flexibility index (Phi) is 5.51. The Hall–Kier alpha value is -1.41. The highest BCUT2D eigenvalue weighted by molar-refractivity contribution is 4.85. The van der Waals surface area contributed by atoms with E-state index in [0.717, 1.165) is 38.4 Å². The number of aromatic nitrogens is 3. The third kappa shape index (κ3) is 3.63. The van der Waals surface area contributed by atoms with Crippen molar-refractivity contribution in [3.63, 3.8) is 0 Å². The topological polar surface area (TPSA) is 57.7 Å². The summed E-state index contributed by atoms with van der Waals surface area (Å²) in [6.07, 6.45) is 3.22. The number of rotatable bonds is 7. The largest absolute Gasteiger partial charge is 0.295 e. The van der Waals surface area contributed by atoms with Crippen LogP contribution in [0.15, 0.2) is 6.33 Å². The molecule has 0 amide bonds. The maximum atomic E-state index is 8.57. The second-order valence-electron chi connectivity index (χ2n) is 3.68. The van der Waals surface area contributed by atoms with E-state index >= 15 is 0 Å². The number of hydrogen-bond donors (Lipinski definition) is 0. The molecule has 0 unspecified atom stereocenters. The Morgan fingerprint density at radius 2 is 2.31 bits per heavy atom. The van der Waals surface area contributed by atoms with Gasteiger partial charge in [0.25, 0.3) is 0 Å². The van der Waals surface area contributed by atoms with Gasteiger partial charge in [-0.1, -0.05) is 13.8 Å². The highest BCUT2D eigenvalue weighted by Gasteiger charge is 2.08. The maximum absolute atomic E-state index is 8.57. The zero-order chi connectivity index (χ0) is 11.8. The first kappa shape index (κ1) is 12.7. The standard InChI is InChI=1S/C11H19N5/c1-3-7-16-11(13-10-14-16)9-15(4-2)8-5-6-12/h10H,3-5,7-9H2,1-2H3. The van der Waals surface area contributed by atoms with Gasteiger partial charge < -0.3 is 0 Å². The van der Waals surface area contributed by atoms with Gasteiger partial charge >= 0.3 is 0 Å². The second kappa shape index (κ2) is 6.96. The molecule has 0 aromatic carbocycles. The zero-order valence-electron chi connectivity index (χ0n) is 10.1. The van der Waals surface area contributed by atoms with E-state index in [9.17, 15) is 0 Å². The molecule has 1 aromatic heterocycles. The van der Waals surface area contributed by atoms with E-state index in [0.29, 0.717) is 6.42 Å². The molecule has 0 radical (unpaired) electrons. The zero-order valence-corrected chi connectivity index (χ0v) is 10.1. The van der Waals surface area contributed by atoms with Crippen LogP contribution in [0.4, 0.5) is 0 Å². The smallest absolute Gasteiger partial charge is 0.141 e. The van der Waals surface area contributed by atoms with Crippen LogP contribution >= 0.6 is 0 Å². The van der Waals surface area contributed by atoms with E-state index in [-0.39, 0.29) is 0 Å². The molecule has 0 aliphatic carbocycles. The summed E-state index contributed by atoms with van der Waals surface area (Å²) in [5, 5.41) is 12.8. The number of nitriles is 1. The van der Waals surface area contributed by atoms with E-state index in [1.807, 2.05) is 4.68 Å². The van der Waals surface area contributed by atoms with Crippen LogP contribution in [0.3, 0.4) is 0 Å². The molecule has 0 aliphatic rings.